The van der Waals surface area contributed by atoms with Crippen molar-refractivity contribution < 1.29 is 0 Å². The Kier molecular flexibility index (Phi) is 9.45. The van der Waals surface area contributed by atoms with E-state index in [1.54, 1.807) is 0 Å². The largest absolute Gasteiger partial charge is 0.303 e. The summed E-state index contributed by atoms with van der Waals surface area (Å²) in [6.07, 6.45) is 11.7. The highest BCUT2D eigenvalue weighted by Gasteiger charge is 2.28. The maximum Gasteiger partial charge on any atom is 0.0178 e. The predicted octanol–water partition coefficient (Wildman–Crippen LogP) is 5.27. The first-order valence-corrected chi connectivity index (χ1v) is 7.83. The zero-order valence-corrected chi connectivity index (χ0v) is 13.5. The van der Waals surface area contributed by atoms with Gasteiger partial charge in [0.1, 0.15) is 0 Å². The molecule has 0 rings (SSSR count). The van der Waals surface area contributed by atoms with E-state index in [1.807, 2.05) is 0 Å². The molecular formula is C17H35N. The third-order valence-corrected chi connectivity index (χ3v) is 4.25. The van der Waals surface area contributed by atoms with Gasteiger partial charge >= 0.3 is 0 Å². The topological polar surface area (TPSA) is 3.24 Å². The molecule has 0 heterocycles. The van der Waals surface area contributed by atoms with Crippen molar-refractivity contribution >= 4 is 0 Å². The molecule has 0 spiro atoms. The molecule has 1 heteroatoms. The van der Waals surface area contributed by atoms with Crippen LogP contribution in [0, 0.1) is 5.41 Å². The minimum Gasteiger partial charge on any atom is -0.303 e. The lowest BCUT2D eigenvalue weighted by atomic mass is 9.81. The van der Waals surface area contributed by atoms with Crippen molar-refractivity contribution in [1.29, 1.82) is 0 Å². The Bertz CT molecular complexity index is 208. The van der Waals surface area contributed by atoms with Gasteiger partial charge < -0.3 is 4.90 Å². The molecule has 1 nitrogen and oxygen atoms in total. The third-order valence-electron chi connectivity index (χ3n) is 4.25. The number of hydrogen-bond donors (Lipinski definition) is 0. The summed E-state index contributed by atoms with van der Waals surface area (Å²) in [5, 5.41) is 0. The Morgan fingerprint density at radius 1 is 1.06 bits per heavy atom. The van der Waals surface area contributed by atoms with Crippen LogP contribution in [0.25, 0.3) is 0 Å². The summed E-state index contributed by atoms with van der Waals surface area (Å²) in [6, 6.07) is 0.631. The molecule has 0 aliphatic rings. The van der Waals surface area contributed by atoms with Gasteiger partial charge in [-0.05, 0) is 25.4 Å². The molecule has 1 atom stereocenters. The van der Waals surface area contributed by atoms with E-state index in [2.05, 4.69) is 52.3 Å². The van der Waals surface area contributed by atoms with Crippen LogP contribution in [0.2, 0.25) is 0 Å². The Morgan fingerprint density at radius 3 is 2.11 bits per heavy atom. The second-order valence-corrected chi connectivity index (χ2v) is 6.17. The molecule has 0 aliphatic heterocycles. The smallest absolute Gasteiger partial charge is 0.0178 e. The molecule has 0 aromatic heterocycles. The molecule has 1 unspecified atom stereocenters. The van der Waals surface area contributed by atoms with E-state index < -0.39 is 0 Å². The Balaban J connectivity index is 4.07. The first-order valence-electron chi connectivity index (χ1n) is 7.83. The normalized spacial score (nSPS) is 13.9. The van der Waals surface area contributed by atoms with E-state index in [0.717, 1.165) is 6.54 Å². The van der Waals surface area contributed by atoms with Gasteiger partial charge in [0.25, 0.3) is 0 Å². The summed E-state index contributed by atoms with van der Waals surface area (Å²) in [5.74, 6) is 0. The van der Waals surface area contributed by atoms with Gasteiger partial charge in [-0.3, -0.25) is 0 Å². The maximum absolute atomic E-state index is 4.01. The van der Waals surface area contributed by atoms with Gasteiger partial charge in [0.2, 0.25) is 0 Å². The van der Waals surface area contributed by atoms with Crippen molar-refractivity contribution in [2.75, 3.05) is 13.6 Å². The highest BCUT2D eigenvalue weighted by molar-refractivity contribution is 4.97. The van der Waals surface area contributed by atoms with Crippen molar-refractivity contribution in [2.24, 2.45) is 5.41 Å². The zero-order chi connectivity index (χ0) is 14.0. The molecule has 0 bridgehead atoms. The van der Waals surface area contributed by atoms with E-state index in [9.17, 15) is 0 Å². The van der Waals surface area contributed by atoms with Crippen molar-refractivity contribution in [2.45, 2.75) is 78.7 Å². The van der Waals surface area contributed by atoms with E-state index in [4.69, 9.17) is 0 Å². The highest BCUT2D eigenvalue weighted by Crippen LogP contribution is 2.29. The van der Waals surface area contributed by atoms with Gasteiger partial charge in [0.05, 0.1) is 0 Å². The average Bonchev–Trinajstić information content (AvgIpc) is 2.36. The lowest BCUT2D eigenvalue weighted by Gasteiger charge is -2.38. The molecule has 0 amide bonds. The lowest BCUT2D eigenvalue weighted by molar-refractivity contribution is 0.140. The standard InChI is InChI=1S/C17H35N/c1-7-10-11-12-13-14-15-16(18(6)9-3)17(4,5)8-2/h8,16H,2,7,9-15H2,1,3-6H3. The molecule has 0 N–H and O–H groups in total. The number of nitrogens with zero attached hydrogens (tertiary/aromatic N) is 1. The minimum atomic E-state index is 0.216. The number of rotatable bonds is 11. The fraction of sp³-hybridized carbons (Fsp3) is 0.882. The maximum atomic E-state index is 4.01. The van der Waals surface area contributed by atoms with Crippen LogP contribution in [-0.4, -0.2) is 24.5 Å². The predicted molar refractivity (Wildman–Crippen MR) is 84.1 cm³/mol. The third kappa shape index (κ3) is 6.58. The quantitative estimate of drug-likeness (QED) is 0.358. The van der Waals surface area contributed by atoms with Crippen LogP contribution in [0.4, 0.5) is 0 Å². The van der Waals surface area contributed by atoms with Crippen LogP contribution in [0.5, 0.6) is 0 Å². The summed E-state index contributed by atoms with van der Waals surface area (Å²) in [4.78, 5) is 2.48. The van der Waals surface area contributed by atoms with Gasteiger partial charge in [-0.15, -0.1) is 6.58 Å². The summed E-state index contributed by atoms with van der Waals surface area (Å²) in [6.45, 7) is 14.3. The van der Waals surface area contributed by atoms with Crippen LogP contribution in [0.3, 0.4) is 0 Å². The van der Waals surface area contributed by atoms with Gasteiger partial charge in [0, 0.05) is 6.04 Å². The second-order valence-electron chi connectivity index (χ2n) is 6.17. The Labute approximate surface area is 116 Å². The molecule has 0 saturated carbocycles. The summed E-state index contributed by atoms with van der Waals surface area (Å²) in [7, 11) is 2.24. The van der Waals surface area contributed by atoms with Crippen LogP contribution in [0.15, 0.2) is 12.7 Å². The van der Waals surface area contributed by atoms with Crippen LogP contribution in [0.1, 0.15) is 72.6 Å². The fourth-order valence-electron chi connectivity index (χ4n) is 2.63. The van der Waals surface area contributed by atoms with Crippen molar-refractivity contribution in [3.8, 4) is 0 Å². The van der Waals surface area contributed by atoms with Crippen LogP contribution in [-0.2, 0) is 0 Å². The monoisotopic (exact) mass is 253 g/mol. The first kappa shape index (κ1) is 17.7. The summed E-state index contributed by atoms with van der Waals surface area (Å²) in [5.41, 5.74) is 0.216. The molecular weight excluding hydrogens is 218 g/mol. The van der Waals surface area contributed by atoms with Gasteiger partial charge in [-0.25, -0.2) is 0 Å². The van der Waals surface area contributed by atoms with Crippen LogP contribution < -0.4 is 0 Å². The fourth-order valence-corrected chi connectivity index (χ4v) is 2.63. The molecule has 108 valence electrons. The van der Waals surface area contributed by atoms with Gasteiger partial charge in [-0.1, -0.05) is 72.3 Å². The number of hydrogen-bond acceptors (Lipinski definition) is 1. The lowest BCUT2D eigenvalue weighted by Crippen LogP contribution is -2.42. The molecule has 0 aliphatic carbocycles. The van der Waals surface area contributed by atoms with E-state index >= 15 is 0 Å². The minimum absolute atomic E-state index is 0.216. The van der Waals surface area contributed by atoms with Gasteiger partial charge in [0.15, 0.2) is 0 Å². The van der Waals surface area contributed by atoms with Crippen LogP contribution >= 0.6 is 0 Å². The molecule has 0 saturated heterocycles. The zero-order valence-electron chi connectivity index (χ0n) is 13.5. The van der Waals surface area contributed by atoms with Crippen molar-refractivity contribution in [3.05, 3.63) is 12.7 Å². The summed E-state index contributed by atoms with van der Waals surface area (Å²) >= 11 is 0. The second kappa shape index (κ2) is 9.61. The van der Waals surface area contributed by atoms with E-state index in [1.165, 1.54) is 44.9 Å². The molecule has 0 radical (unpaired) electrons. The Hall–Kier alpha value is -0.300. The van der Waals surface area contributed by atoms with Gasteiger partial charge in [-0.2, -0.15) is 0 Å². The molecule has 0 fully saturated rings. The summed E-state index contributed by atoms with van der Waals surface area (Å²) < 4.78 is 0. The first-order chi connectivity index (χ1) is 8.49. The van der Waals surface area contributed by atoms with E-state index in [-0.39, 0.29) is 5.41 Å². The van der Waals surface area contributed by atoms with E-state index in [0.29, 0.717) is 6.04 Å². The molecule has 18 heavy (non-hydrogen) atoms. The number of unbranched alkanes of at least 4 members (excludes halogenated alkanes) is 5. The SMILES string of the molecule is C=CC(C)(C)C(CCCCCCCC)N(C)CC. The van der Waals surface area contributed by atoms with Crippen molar-refractivity contribution in [3.63, 3.8) is 0 Å². The average molecular weight is 253 g/mol. The molecule has 0 aromatic carbocycles. The molecule has 0 aromatic rings. The Morgan fingerprint density at radius 2 is 1.61 bits per heavy atom. The highest BCUT2D eigenvalue weighted by atomic mass is 15.1. The van der Waals surface area contributed by atoms with Crippen molar-refractivity contribution in [1.82, 2.24) is 4.90 Å².